The Morgan fingerprint density at radius 1 is 1.21 bits per heavy atom. The average molecular weight is 285 g/mol. The minimum atomic E-state index is -0.376. The van der Waals surface area contributed by atoms with Gasteiger partial charge >= 0.3 is 5.69 Å². The molecule has 1 aliphatic rings. The summed E-state index contributed by atoms with van der Waals surface area (Å²) >= 11 is 5.99. The van der Waals surface area contributed by atoms with Crippen molar-refractivity contribution in [2.24, 2.45) is 5.92 Å². The Hall–Kier alpha value is -1.03. The highest BCUT2D eigenvalue weighted by atomic mass is 35.5. The summed E-state index contributed by atoms with van der Waals surface area (Å²) in [6, 6.07) is 0.0159. The van der Waals surface area contributed by atoms with Crippen molar-refractivity contribution in [3.05, 3.63) is 31.6 Å². The number of H-pyrrole nitrogens is 1. The van der Waals surface area contributed by atoms with Crippen molar-refractivity contribution in [2.45, 2.75) is 58.4 Å². The van der Waals surface area contributed by atoms with Crippen molar-refractivity contribution < 1.29 is 0 Å². The normalized spacial score (nSPS) is 23.8. The SMILES string of the molecule is CC1CCC(n2c(=O)[nH]c(Cl)c(C(C)C)c2=O)CC1. The van der Waals surface area contributed by atoms with E-state index in [0.29, 0.717) is 11.5 Å². The number of aromatic nitrogens is 2. The highest BCUT2D eigenvalue weighted by molar-refractivity contribution is 6.30. The van der Waals surface area contributed by atoms with Gasteiger partial charge in [0.1, 0.15) is 5.15 Å². The minimum absolute atomic E-state index is 0.00520. The van der Waals surface area contributed by atoms with E-state index >= 15 is 0 Å². The van der Waals surface area contributed by atoms with Crippen LogP contribution in [0.1, 0.15) is 64.0 Å². The van der Waals surface area contributed by atoms with Crippen molar-refractivity contribution in [3.63, 3.8) is 0 Å². The second-order valence-corrected chi connectivity index (χ2v) is 6.28. The fourth-order valence-electron chi connectivity index (χ4n) is 2.87. The Morgan fingerprint density at radius 2 is 1.79 bits per heavy atom. The maximum absolute atomic E-state index is 12.5. The topological polar surface area (TPSA) is 54.9 Å². The molecule has 0 unspecified atom stereocenters. The predicted octanol–water partition coefficient (Wildman–Crippen LogP) is 3.06. The van der Waals surface area contributed by atoms with Gasteiger partial charge in [-0.15, -0.1) is 0 Å². The van der Waals surface area contributed by atoms with E-state index in [4.69, 9.17) is 11.6 Å². The van der Waals surface area contributed by atoms with Crippen LogP contribution in [0.2, 0.25) is 5.15 Å². The molecule has 0 aliphatic heterocycles. The molecule has 106 valence electrons. The lowest BCUT2D eigenvalue weighted by Gasteiger charge is -2.27. The van der Waals surface area contributed by atoms with Crippen LogP contribution >= 0.6 is 11.6 Å². The molecule has 5 heteroatoms. The van der Waals surface area contributed by atoms with E-state index in [0.717, 1.165) is 25.7 Å². The summed E-state index contributed by atoms with van der Waals surface area (Å²) in [5, 5.41) is 0.186. The first-order valence-corrected chi connectivity index (χ1v) is 7.33. The van der Waals surface area contributed by atoms with Crippen molar-refractivity contribution >= 4 is 11.6 Å². The lowest BCUT2D eigenvalue weighted by atomic mass is 9.87. The average Bonchev–Trinajstić information content (AvgIpc) is 2.30. The number of rotatable bonds is 2. The molecule has 1 heterocycles. The molecular formula is C14H21ClN2O2. The molecule has 1 aromatic heterocycles. The van der Waals surface area contributed by atoms with Crippen LogP contribution in [0.4, 0.5) is 0 Å². The first-order valence-electron chi connectivity index (χ1n) is 6.96. The number of hydrogen-bond donors (Lipinski definition) is 1. The lowest BCUT2D eigenvalue weighted by molar-refractivity contribution is 0.278. The molecule has 0 amide bonds. The largest absolute Gasteiger partial charge is 0.329 e. The molecule has 0 bridgehead atoms. The van der Waals surface area contributed by atoms with Gasteiger partial charge in [-0.05, 0) is 37.5 Å². The van der Waals surface area contributed by atoms with Gasteiger partial charge in [-0.2, -0.15) is 0 Å². The summed E-state index contributed by atoms with van der Waals surface area (Å²) < 4.78 is 1.38. The van der Waals surface area contributed by atoms with Crippen LogP contribution < -0.4 is 11.2 Å². The second-order valence-electron chi connectivity index (χ2n) is 5.90. The Labute approximate surface area is 117 Å². The third-order valence-corrected chi connectivity index (χ3v) is 4.35. The molecule has 19 heavy (non-hydrogen) atoms. The summed E-state index contributed by atoms with van der Waals surface area (Å²) in [5.74, 6) is 0.688. The van der Waals surface area contributed by atoms with Gasteiger partial charge in [-0.25, -0.2) is 4.79 Å². The quantitative estimate of drug-likeness (QED) is 0.849. The van der Waals surface area contributed by atoms with Gasteiger partial charge in [0.2, 0.25) is 0 Å². The van der Waals surface area contributed by atoms with Gasteiger partial charge in [0.15, 0.2) is 0 Å². The Bertz CT molecular complexity index is 566. The molecule has 4 nitrogen and oxygen atoms in total. The van der Waals surface area contributed by atoms with Crippen molar-refractivity contribution in [2.75, 3.05) is 0 Å². The monoisotopic (exact) mass is 284 g/mol. The zero-order chi connectivity index (χ0) is 14.2. The summed E-state index contributed by atoms with van der Waals surface area (Å²) in [6.45, 7) is 6.03. The van der Waals surface area contributed by atoms with E-state index in [-0.39, 0.29) is 28.4 Å². The highest BCUT2D eigenvalue weighted by Gasteiger charge is 2.25. The maximum atomic E-state index is 12.5. The fraction of sp³-hybridized carbons (Fsp3) is 0.714. The molecule has 0 atom stereocenters. The molecular weight excluding hydrogens is 264 g/mol. The lowest BCUT2D eigenvalue weighted by Crippen LogP contribution is -2.41. The molecule has 1 saturated carbocycles. The van der Waals surface area contributed by atoms with Crippen LogP contribution in [0.25, 0.3) is 0 Å². The summed E-state index contributed by atoms with van der Waals surface area (Å²) in [7, 11) is 0. The minimum Gasteiger partial charge on any atom is -0.297 e. The maximum Gasteiger partial charge on any atom is 0.329 e. The fourth-order valence-corrected chi connectivity index (χ4v) is 3.25. The zero-order valence-electron chi connectivity index (χ0n) is 11.7. The molecule has 0 spiro atoms. The summed E-state index contributed by atoms with van der Waals surface area (Å²) in [4.78, 5) is 27.1. The third kappa shape index (κ3) is 2.78. The summed E-state index contributed by atoms with van der Waals surface area (Å²) in [5.41, 5.74) is -0.0813. The Morgan fingerprint density at radius 3 is 2.32 bits per heavy atom. The summed E-state index contributed by atoms with van der Waals surface area (Å²) in [6.07, 6.45) is 3.92. The molecule has 1 aliphatic carbocycles. The van der Waals surface area contributed by atoms with Crippen LogP contribution in [0, 0.1) is 5.92 Å². The highest BCUT2D eigenvalue weighted by Crippen LogP contribution is 2.30. The van der Waals surface area contributed by atoms with E-state index in [9.17, 15) is 9.59 Å². The molecule has 0 radical (unpaired) electrons. The number of nitrogens with zero attached hydrogens (tertiary/aromatic N) is 1. The van der Waals surface area contributed by atoms with E-state index in [1.807, 2.05) is 13.8 Å². The number of hydrogen-bond acceptors (Lipinski definition) is 2. The van der Waals surface area contributed by atoms with Crippen LogP contribution in [-0.2, 0) is 0 Å². The van der Waals surface area contributed by atoms with Gasteiger partial charge in [0, 0.05) is 6.04 Å². The number of halogens is 1. The third-order valence-electron chi connectivity index (χ3n) is 4.05. The Kier molecular flexibility index (Phi) is 4.19. The van der Waals surface area contributed by atoms with Crippen LogP contribution in [0.3, 0.4) is 0 Å². The molecule has 0 saturated heterocycles. The molecule has 0 aromatic carbocycles. The zero-order valence-corrected chi connectivity index (χ0v) is 12.5. The molecule has 2 rings (SSSR count). The van der Waals surface area contributed by atoms with E-state index in [1.165, 1.54) is 4.57 Å². The van der Waals surface area contributed by atoms with Crippen LogP contribution in [0.15, 0.2) is 9.59 Å². The molecule has 1 aromatic rings. The van der Waals surface area contributed by atoms with E-state index in [2.05, 4.69) is 11.9 Å². The van der Waals surface area contributed by atoms with Gasteiger partial charge in [-0.3, -0.25) is 14.3 Å². The van der Waals surface area contributed by atoms with Crippen molar-refractivity contribution in [3.8, 4) is 0 Å². The molecule has 1 N–H and O–H groups in total. The van der Waals surface area contributed by atoms with Crippen LogP contribution in [-0.4, -0.2) is 9.55 Å². The standard InChI is InChI=1S/C14H21ClN2O2/c1-8(2)11-12(15)16-14(19)17(13(11)18)10-6-4-9(3)5-7-10/h8-10H,4-7H2,1-3H3,(H,16,19). The first kappa shape index (κ1) is 14.4. The van der Waals surface area contributed by atoms with Crippen molar-refractivity contribution in [1.29, 1.82) is 0 Å². The van der Waals surface area contributed by atoms with E-state index in [1.54, 1.807) is 0 Å². The van der Waals surface area contributed by atoms with Crippen LogP contribution in [0.5, 0.6) is 0 Å². The van der Waals surface area contributed by atoms with Gasteiger partial charge in [0.25, 0.3) is 5.56 Å². The number of aromatic amines is 1. The number of nitrogens with one attached hydrogen (secondary N) is 1. The van der Waals surface area contributed by atoms with Gasteiger partial charge in [-0.1, -0.05) is 32.4 Å². The van der Waals surface area contributed by atoms with E-state index < -0.39 is 0 Å². The van der Waals surface area contributed by atoms with Crippen molar-refractivity contribution in [1.82, 2.24) is 9.55 Å². The predicted molar refractivity (Wildman–Crippen MR) is 77.1 cm³/mol. The second kappa shape index (κ2) is 5.53. The Balaban J connectivity index is 2.49. The molecule has 1 fully saturated rings. The smallest absolute Gasteiger partial charge is 0.297 e. The van der Waals surface area contributed by atoms with Gasteiger partial charge in [0.05, 0.1) is 5.56 Å². The van der Waals surface area contributed by atoms with Gasteiger partial charge < -0.3 is 0 Å². The first-order chi connectivity index (χ1) is 8.91.